The van der Waals surface area contributed by atoms with Crippen LogP contribution in [0.1, 0.15) is 17.3 Å². The van der Waals surface area contributed by atoms with E-state index >= 15 is 0 Å². The molecule has 0 saturated heterocycles. The number of carbonyl (C=O) groups is 2. The maximum atomic E-state index is 13.1. The van der Waals surface area contributed by atoms with Crippen LogP contribution in [0.25, 0.3) is 0 Å². The van der Waals surface area contributed by atoms with E-state index in [2.05, 4.69) is 10.6 Å². The van der Waals surface area contributed by atoms with Gasteiger partial charge in [-0.15, -0.1) is 0 Å². The highest BCUT2D eigenvalue weighted by Crippen LogP contribution is 2.17. The van der Waals surface area contributed by atoms with Gasteiger partial charge in [0, 0.05) is 12.6 Å². The fourth-order valence-electron chi connectivity index (χ4n) is 1.40. The average molecular weight is 283 g/mol. The van der Waals surface area contributed by atoms with Crippen molar-refractivity contribution in [3.05, 3.63) is 29.6 Å². The summed E-state index contributed by atoms with van der Waals surface area (Å²) in [5, 5.41) is 13.9. The van der Waals surface area contributed by atoms with Gasteiger partial charge >= 0.3 is 12.0 Å². The molecule has 2 amide bonds. The molecule has 7 heteroatoms. The molecule has 3 N–H and O–H groups in total. The second kappa shape index (κ2) is 6.85. The molecule has 1 rings (SSSR count). The molecule has 1 aromatic rings. The molecule has 1 unspecified atom stereocenters. The maximum absolute atomic E-state index is 13.1. The summed E-state index contributed by atoms with van der Waals surface area (Å²) in [6.07, 6.45) is 0. The van der Waals surface area contributed by atoms with Crippen LogP contribution >= 0.6 is 0 Å². The van der Waals surface area contributed by atoms with Crippen molar-refractivity contribution < 1.29 is 19.1 Å². The quantitative estimate of drug-likeness (QED) is 0.766. The molecule has 0 aliphatic carbocycles. The summed E-state index contributed by atoms with van der Waals surface area (Å²) in [4.78, 5) is 24.6. The number of hydrogen-bond donors (Lipinski definition) is 3. The Morgan fingerprint density at radius 3 is 2.60 bits per heavy atom. The third kappa shape index (κ3) is 4.51. The van der Waals surface area contributed by atoms with Gasteiger partial charge in [0.25, 0.3) is 0 Å². The molecule has 0 heterocycles. The Bertz CT molecular complexity index is 506. The zero-order valence-corrected chi connectivity index (χ0v) is 11.6. The minimum atomic E-state index is -1.23. The fourth-order valence-corrected chi connectivity index (χ4v) is 1.40. The van der Waals surface area contributed by atoms with Gasteiger partial charge < -0.3 is 20.6 Å². The van der Waals surface area contributed by atoms with Gasteiger partial charge in [-0.3, -0.25) is 0 Å². The number of likely N-dealkylation sites (N-methyl/N-ethyl adjacent to an activating group) is 1. The number of carbonyl (C=O) groups excluding carboxylic acids is 1. The first kappa shape index (κ1) is 15.9. The number of halogens is 1. The summed E-state index contributed by atoms with van der Waals surface area (Å²) in [7, 11) is 3.75. The van der Waals surface area contributed by atoms with Crippen LogP contribution in [0.4, 0.5) is 14.9 Å². The summed E-state index contributed by atoms with van der Waals surface area (Å²) in [5.41, 5.74) is -0.241. The Hall–Kier alpha value is -2.15. The summed E-state index contributed by atoms with van der Waals surface area (Å²) in [6.45, 7) is 2.31. The van der Waals surface area contributed by atoms with E-state index in [0.717, 1.165) is 18.2 Å². The molecule has 0 aliphatic heterocycles. The minimum Gasteiger partial charge on any atom is -0.478 e. The van der Waals surface area contributed by atoms with Crippen molar-refractivity contribution in [1.29, 1.82) is 0 Å². The number of nitrogens with one attached hydrogen (secondary N) is 2. The standard InChI is InChI=1S/C13H18FN3O3/c1-8(17(2)3)7-15-13(20)16-11-6-9(14)4-5-10(11)12(18)19/h4-6,8H,7H2,1-3H3,(H,18,19)(H2,15,16,20). The van der Waals surface area contributed by atoms with E-state index in [-0.39, 0.29) is 17.3 Å². The Kier molecular flexibility index (Phi) is 5.45. The first-order valence-electron chi connectivity index (χ1n) is 6.05. The zero-order chi connectivity index (χ0) is 15.3. The van der Waals surface area contributed by atoms with Gasteiger partial charge in [-0.05, 0) is 39.2 Å². The molecule has 0 fully saturated rings. The van der Waals surface area contributed by atoms with E-state index in [0.29, 0.717) is 6.54 Å². The predicted octanol–water partition coefficient (Wildman–Crippen LogP) is 1.60. The SMILES string of the molecule is CC(CNC(=O)Nc1cc(F)ccc1C(=O)O)N(C)C. The summed E-state index contributed by atoms with van der Waals surface area (Å²) >= 11 is 0. The molecule has 0 saturated carbocycles. The third-order valence-corrected chi connectivity index (χ3v) is 2.90. The zero-order valence-electron chi connectivity index (χ0n) is 11.6. The topological polar surface area (TPSA) is 81.7 Å². The predicted molar refractivity (Wildman–Crippen MR) is 73.5 cm³/mol. The Morgan fingerprint density at radius 2 is 2.05 bits per heavy atom. The summed E-state index contributed by atoms with van der Waals surface area (Å²) in [6, 6.07) is 2.65. The van der Waals surface area contributed by atoms with Crippen LogP contribution in [-0.2, 0) is 0 Å². The van der Waals surface area contributed by atoms with E-state index < -0.39 is 17.8 Å². The number of anilines is 1. The number of carboxylic acid groups (broad SMARTS) is 1. The van der Waals surface area contributed by atoms with E-state index in [1.54, 1.807) is 0 Å². The van der Waals surface area contributed by atoms with E-state index in [9.17, 15) is 14.0 Å². The third-order valence-electron chi connectivity index (χ3n) is 2.90. The fraction of sp³-hybridized carbons (Fsp3) is 0.385. The highest BCUT2D eigenvalue weighted by molar-refractivity contribution is 5.99. The number of aromatic carboxylic acids is 1. The lowest BCUT2D eigenvalue weighted by molar-refractivity contribution is 0.0698. The first-order valence-corrected chi connectivity index (χ1v) is 6.05. The molecule has 0 radical (unpaired) electrons. The van der Waals surface area contributed by atoms with Crippen molar-refractivity contribution in [2.24, 2.45) is 0 Å². The Labute approximate surface area is 116 Å². The average Bonchev–Trinajstić information content (AvgIpc) is 2.35. The molecule has 0 aliphatic rings. The lowest BCUT2D eigenvalue weighted by Crippen LogP contribution is -2.40. The Morgan fingerprint density at radius 1 is 1.40 bits per heavy atom. The molecule has 0 spiro atoms. The Balaban J connectivity index is 2.70. The van der Waals surface area contributed by atoms with Crippen molar-refractivity contribution in [3.8, 4) is 0 Å². The molecule has 110 valence electrons. The van der Waals surface area contributed by atoms with Gasteiger partial charge in [-0.1, -0.05) is 0 Å². The number of carboxylic acids is 1. The lowest BCUT2D eigenvalue weighted by Gasteiger charge is -2.20. The highest BCUT2D eigenvalue weighted by Gasteiger charge is 2.14. The number of benzene rings is 1. The van der Waals surface area contributed by atoms with Gasteiger partial charge in [-0.25, -0.2) is 14.0 Å². The van der Waals surface area contributed by atoms with E-state index in [1.165, 1.54) is 0 Å². The van der Waals surface area contributed by atoms with Gasteiger partial charge in [0.1, 0.15) is 5.82 Å². The second-order valence-corrected chi connectivity index (χ2v) is 4.64. The maximum Gasteiger partial charge on any atom is 0.337 e. The van der Waals surface area contributed by atoms with Crippen LogP contribution in [0.15, 0.2) is 18.2 Å². The van der Waals surface area contributed by atoms with Crippen LogP contribution in [0.5, 0.6) is 0 Å². The van der Waals surface area contributed by atoms with E-state index in [4.69, 9.17) is 5.11 Å². The molecule has 0 aromatic heterocycles. The highest BCUT2D eigenvalue weighted by atomic mass is 19.1. The monoisotopic (exact) mass is 283 g/mol. The number of nitrogens with zero attached hydrogens (tertiary/aromatic N) is 1. The minimum absolute atomic E-state index is 0.0764. The van der Waals surface area contributed by atoms with Gasteiger partial charge in [-0.2, -0.15) is 0 Å². The lowest BCUT2D eigenvalue weighted by atomic mass is 10.2. The van der Waals surface area contributed by atoms with Crippen molar-refractivity contribution in [2.75, 3.05) is 26.0 Å². The molecule has 1 atom stereocenters. The van der Waals surface area contributed by atoms with Gasteiger partial charge in [0.05, 0.1) is 11.3 Å². The largest absolute Gasteiger partial charge is 0.478 e. The van der Waals surface area contributed by atoms with Crippen molar-refractivity contribution in [2.45, 2.75) is 13.0 Å². The van der Waals surface area contributed by atoms with Crippen LogP contribution in [0.2, 0.25) is 0 Å². The summed E-state index contributed by atoms with van der Waals surface area (Å²) in [5.74, 6) is -1.85. The number of urea groups is 1. The molecular formula is C13H18FN3O3. The van der Waals surface area contributed by atoms with Gasteiger partial charge in [0.15, 0.2) is 0 Å². The molecule has 1 aromatic carbocycles. The molecule has 20 heavy (non-hydrogen) atoms. The van der Waals surface area contributed by atoms with Crippen LogP contribution in [-0.4, -0.2) is 48.7 Å². The number of amides is 2. The molecule has 0 bridgehead atoms. The number of hydrogen-bond acceptors (Lipinski definition) is 3. The van der Waals surface area contributed by atoms with Gasteiger partial charge in [0.2, 0.25) is 0 Å². The van der Waals surface area contributed by atoms with Crippen molar-refractivity contribution >= 4 is 17.7 Å². The van der Waals surface area contributed by atoms with Crippen LogP contribution < -0.4 is 10.6 Å². The van der Waals surface area contributed by atoms with E-state index in [1.807, 2.05) is 25.9 Å². The van der Waals surface area contributed by atoms with Crippen molar-refractivity contribution in [1.82, 2.24) is 10.2 Å². The summed E-state index contributed by atoms with van der Waals surface area (Å²) < 4.78 is 13.1. The normalized spacial score (nSPS) is 12.1. The number of rotatable bonds is 5. The van der Waals surface area contributed by atoms with Crippen molar-refractivity contribution in [3.63, 3.8) is 0 Å². The van der Waals surface area contributed by atoms with Crippen LogP contribution in [0, 0.1) is 5.82 Å². The second-order valence-electron chi connectivity index (χ2n) is 4.64. The molecule has 6 nitrogen and oxygen atoms in total. The smallest absolute Gasteiger partial charge is 0.337 e. The van der Waals surface area contributed by atoms with Crippen LogP contribution in [0.3, 0.4) is 0 Å². The molecular weight excluding hydrogens is 265 g/mol. The first-order chi connectivity index (χ1) is 9.31.